The molecular weight excluding hydrogens is 227 g/mol. The first kappa shape index (κ1) is 11.7. The van der Waals surface area contributed by atoms with Crippen LogP contribution in [0.4, 0.5) is 10.1 Å². The van der Waals surface area contributed by atoms with Gasteiger partial charge in [0, 0.05) is 18.8 Å². The van der Waals surface area contributed by atoms with E-state index in [1.807, 2.05) is 0 Å². The maximum Gasteiger partial charge on any atom is 0.141 e. The van der Waals surface area contributed by atoms with Gasteiger partial charge in [0.15, 0.2) is 0 Å². The number of anilines is 1. The molecular formula is C12H16ClFN2. The van der Waals surface area contributed by atoms with Crippen LogP contribution in [-0.4, -0.2) is 31.1 Å². The molecule has 0 aliphatic carbocycles. The molecule has 0 aromatic heterocycles. The minimum absolute atomic E-state index is 0.172. The third kappa shape index (κ3) is 3.09. The third-order valence-electron chi connectivity index (χ3n) is 2.88. The fraction of sp³-hybridized carbons (Fsp3) is 0.500. The molecule has 1 aromatic carbocycles. The number of nitrogens with zero attached hydrogens (tertiary/aromatic N) is 1. The Kier molecular flexibility index (Phi) is 4.02. The predicted molar refractivity (Wildman–Crippen MR) is 65.6 cm³/mol. The number of halogens is 2. The monoisotopic (exact) mass is 242 g/mol. The van der Waals surface area contributed by atoms with Crippen LogP contribution in [0.3, 0.4) is 0 Å². The van der Waals surface area contributed by atoms with Crippen LogP contribution in [0.1, 0.15) is 12.8 Å². The SMILES string of the molecule is Fc1ccc(NCCN2CCCC2)cc1Cl. The first-order valence-corrected chi connectivity index (χ1v) is 6.05. The van der Waals surface area contributed by atoms with Crippen LogP contribution >= 0.6 is 11.6 Å². The topological polar surface area (TPSA) is 15.3 Å². The van der Waals surface area contributed by atoms with Crippen molar-refractivity contribution in [2.24, 2.45) is 0 Å². The minimum Gasteiger partial charge on any atom is -0.384 e. The van der Waals surface area contributed by atoms with Crippen molar-refractivity contribution in [1.82, 2.24) is 4.90 Å². The summed E-state index contributed by atoms with van der Waals surface area (Å²) in [6.07, 6.45) is 2.62. The van der Waals surface area contributed by atoms with Crippen molar-refractivity contribution in [3.63, 3.8) is 0 Å². The lowest BCUT2D eigenvalue weighted by Gasteiger charge is -2.15. The van der Waals surface area contributed by atoms with Gasteiger partial charge in [-0.05, 0) is 44.1 Å². The first-order chi connectivity index (χ1) is 7.75. The van der Waals surface area contributed by atoms with Gasteiger partial charge in [-0.2, -0.15) is 0 Å². The molecule has 0 unspecified atom stereocenters. The summed E-state index contributed by atoms with van der Waals surface area (Å²) in [5, 5.41) is 3.42. The van der Waals surface area contributed by atoms with Gasteiger partial charge in [-0.3, -0.25) is 0 Å². The average molecular weight is 243 g/mol. The van der Waals surface area contributed by atoms with Gasteiger partial charge in [-0.1, -0.05) is 11.6 Å². The van der Waals surface area contributed by atoms with E-state index in [4.69, 9.17) is 11.6 Å². The van der Waals surface area contributed by atoms with Crippen LogP contribution in [0.2, 0.25) is 5.02 Å². The summed E-state index contributed by atoms with van der Waals surface area (Å²) in [5.41, 5.74) is 0.880. The molecule has 4 heteroatoms. The minimum atomic E-state index is -0.369. The van der Waals surface area contributed by atoms with Crippen molar-refractivity contribution in [1.29, 1.82) is 0 Å². The Morgan fingerprint density at radius 3 is 2.75 bits per heavy atom. The molecule has 1 aromatic rings. The number of likely N-dealkylation sites (tertiary alicyclic amines) is 1. The van der Waals surface area contributed by atoms with Crippen LogP contribution in [0.25, 0.3) is 0 Å². The van der Waals surface area contributed by atoms with Crippen LogP contribution in [0, 0.1) is 5.82 Å². The molecule has 2 nitrogen and oxygen atoms in total. The zero-order valence-electron chi connectivity index (χ0n) is 9.18. The van der Waals surface area contributed by atoms with Crippen molar-refractivity contribution in [3.8, 4) is 0 Å². The molecule has 1 aliphatic heterocycles. The first-order valence-electron chi connectivity index (χ1n) is 5.67. The van der Waals surface area contributed by atoms with E-state index in [-0.39, 0.29) is 10.8 Å². The van der Waals surface area contributed by atoms with E-state index in [9.17, 15) is 4.39 Å². The Morgan fingerprint density at radius 2 is 2.06 bits per heavy atom. The molecule has 0 bridgehead atoms. The highest BCUT2D eigenvalue weighted by Crippen LogP contribution is 2.19. The quantitative estimate of drug-likeness (QED) is 0.873. The Bertz CT molecular complexity index is 351. The fourth-order valence-corrected chi connectivity index (χ4v) is 2.15. The van der Waals surface area contributed by atoms with E-state index in [0.717, 1.165) is 18.8 Å². The molecule has 1 N–H and O–H groups in total. The fourth-order valence-electron chi connectivity index (χ4n) is 1.97. The number of rotatable bonds is 4. The number of hydrogen-bond acceptors (Lipinski definition) is 2. The molecule has 1 saturated heterocycles. The molecule has 1 heterocycles. The molecule has 2 rings (SSSR count). The zero-order chi connectivity index (χ0) is 11.4. The number of nitrogens with one attached hydrogen (secondary N) is 1. The van der Waals surface area contributed by atoms with Gasteiger partial charge in [0.05, 0.1) is 5.02 Å². The van der Waals surface area contributed by atoms with Crippen LogP contribution in [-0.2, 0) is 0 Å². The Morgan fingerprint density at radius 1 is 1.31 bits per heavy atom. The second-order valence-electron chi connectivity index (χ2n) is 4.10. The van der Waals surface area contributed by atoms with Crippen molar-refractivity contribution in [2.45, 2.75) is 12.8 Å². The number of hydrogen-bond donors (Lipinski definition) is 1. The molecule has 0 radical (unpaired) electrons. The van der Waals surface area contributed by atoms with Gasteiger partial charge in [-0.25, -0.2) is 4.39 Å². The highest BCUT2D eigenvalue weighted by atomic mass is 35.5. The Labute approximate surface area is 100 Å². The van der Waals surface area contributed by atoms with E-state index >= 15 is 0 Å². The Hall–Kier alpha value is -0.800. The summed E-state index contributed by atoms with van der Waals surface area (Å²) in [6.45, 7) is 4.31. The normalized spacial score (nSPS) is 16.6. The van der Waals surface area contributed by atoms with Gasteiger partial charge in [0.2, 0.25) is 0 Å². The molecule has 0 saturated carbocycles. The summed E-state index contributed by atoms with van der Waals surface area (Å²) in [4.78, 5) is 2.43. The van der Waals surface area contributed by atoms with E-state index < -0.39 is 0 Å². The lowest BCUT2D eigenvalue weighted by atomic mass is 10.3. The summed E-state index contributed by atoms with van der Waals surface area (Å²) >= 11 is 5.69. The van der Waals surface area contributed by atoms with E-state index in [2.05, 4.69) is 10.2 Å². The van der Waals surface area contributed by atoms with Crippen molar-refractivity contribution in [2.75, 3.05) is 31.5 Å². The second kappa shape index (κ2) is 5.51. The summed E-state index contributed by atoms with van der Waals surface area (Å²) in [7, 11) is 0. The van der Waals surface area contributed by atoms with E-state index in [0.29, 0.717) is 0 Å². The molecule has 16 heavy (non-hydrogen) atoms. The van der Waals surface area contributed by atoms with Crippen molar-refractivity contribution < 1.29 is 4.39 Å². The molecule has 0 amide bonds. The lowest BCUT2D eigenvalue weighted by Crippen LogP contribution is -2.25. The van der Waals surface area contributed by atoms with Crippen molar-refractivity contribution >= 4 is 17.3 Å². The maximum absolute atomic E-state index is 12.9. The highest BCUT2D eigenvalue weighted by molar-refractivity contribution is 6.31. The molecule has 0 spiro atoms. The van der Waals surface area contributed by atoms with E-state index in [1.165, 1.54) is 32.0 Å². The zero-order valence-corrected chi connectivity index (χ0v) is 9.93. The lowest BCUT2D eigenvalue weighted by molar-refractivity contribution is 0.352. The average Bonchev–Trinajstić information content (AvgIpc) is 2.76. The van der Waals surface area contributed by atoms with Gasteiger partial charge in [0.1, 0.15) is 5.82 Å². The Balaban J connectivity index is 1.78. The van der Waals surface area contributed by atoms with E-state index in [1.54, 1.807) is 12.1 Å². The van der Waals surface area contributed by atoms with Gasteiger partial charge in [0.25, 0.3) is 0 Å². The standard InChI is InChI=1S/C12H16ClFN2/c13-11-9-10(3-4-12(11)14)15-5-8-16-6-1-2-7-16/h3-4,9,15H,1-2,5-8H2. The largest absolute Gasteiger partial charge is 0.384 e. The molecule has 1 aliphatic rings. The van der Waals surface area contributed by atoms with Gasteiger partial charge in [-0.15, -0.1) is 0 Å². The van der Waals surface area contributed by atoms with Gasteiger partial charge >= 0.3 is 0 Å². The van der Waals surface area contributed by atoms with Crippen LogP contribution in [0.5, 0.6) is 0 Å². The summed E-state index contributed by atoms with van der Waals surface area (Å²) < 4.78 is 12.9. The number of benzene rings is 1. The molecule has 1 fully saturated rings. The van der Waals surface area contributed by atoms with Gasteiger partial charge < -0.3 is 10.2 Å². The van der Waals surface area contributed by atoms with Crippen molar-refractivity contribution in [3.05, 3.63) is 29.0 Å². The summed E-state index contributed by atoms with van der Waals surface area (Å²) in [5.74, 6) is -0.369. The predicted octanol–water partition coefficient (Wildman–Crippen LogP) is 2.99. The molecule has 88 valence electrons. The summed E-state index contributed by atoms with van der Waals surface area (Å²) in [6, 6.07) is 4.73. The molecule has 0 atom stereocenters. The second-order valence-corrected chi connectivity index (χ2v) is 4.51. The van der Waals surface area contributed by atoms with Crippen LogP contribution in [0.15, 0.2) is 18.2 Å². The highest BCUT2D eigenvalue weighted by Gasteiger charge is 2.10. The smallest absolute Gasteiger partial charge is 0.141 e. The third-order valence-corrected chi connectivity index (χ3v) is 3.17. The van der Waals surface area contributed by atoms with Crippen LogP contribution < -0.4 is 5.32 Å². The maximum atomic E-state index is 12.9.